The molecule has 1 N–H and O–H groups in total. The lowest BCUT2D eigenvalue weighted by Crippen LogP contribution is -2.23. The Balaban J connectivity index is 2.20. The standard InChI is InChI=1S/C15H17F2NO/c1-18-14(9-19-10-15(16)17)13-8-4-6-11-5-2-3-7-12(11)13/h2-8,14-15,18H,9-10H2,1H3. The normalized spacial score (nSPS) is 13.1. The van der Waals surface area contributed by atoms with E-state index in [0.717, 1.165) is 16.3 Å². The van der Waals surface area contributed by atoms with E-state index in [1.165, 1.54) is 0 Å². The van der Waals surface area contributed by atoms with E-state index in [4.69, 9.17) is 4.74 Å². The van der Waals surface area contributed by atoms with Crippen LogP contribution in [-0.2, 0) is 4.74 Å². The SMILES string of the molecule is CNC(COCC(F)F)c1cccc2ccccc12. The van der Waals surface area contributed by atoms with E-state index in [1.54, 1.807) is 7.05 Å². The van der Waals surface area contributed by atoms with Gasteiger partial charge in [-0.15, -0.1) is 0 Å². The predicted molar refractivity (Wildman–Crippen MR) is 72.6 cm³/mol. The number of benzene rings is 2. The first kappa shape index (κ1) is 13.9. The number of halogens is 2. The molecule has 19 heavy (non-hydrogen) atoms. The van der Waals surface area contributed by atoms with E-state index >= 15 is 0 Å². The fraction of sp³-hybridized carbons (Fsp3) is 0.333. The first-order valence-electron chi connectivity index (χ1n) is 6.23. The van der Waals surface area contributed by atoms with Crippen molar-refractivity contribution in [2.45, 2.75) is 12.5 Å². The second-order valence-corrected chi connectivity index (χ2v) is 4.34. The lowest BCUT2D eigenvalue weighted by atomic mass is 9.99. The lowest BCUT2D eigenvalue weighted by molar-refractivity contribution is 0.00998. The fourth-order valence-electron chi connectivity index (χ4n) is 2.16. The molecule has 0 radical (unpaired) electrons. The van der Waals surface area contributed by atoms with Gasteiger partial charge in [0.15, 0.2) is 0 Å². The average molecular weight is 265 g/mol. The topological polar surface area (TPSA) is 21.3 Å². The summed E-state index contributed by atoms with van der Waals surface area (Å²) in [6.45, 7) is -0.294. The van der Waals surface area contributed by atoms with Gasteiger partial charge in [-0.25, -0.2) is 8.78 Å². The van der Waals surface area contributed by atoms with Crippen LogP contribution in [0.25, 0.3) is 10.8 Å². The van der Waals surface area contributed by atoms with Crippen LogP contribution in [0.3, 0.4) is 0 Å². The number of fused-ring (bicyclic) bond motifs is 1. The minimum Gasteiger partial charge on any atom is -0.374 e. The zero-order chi connectivity index (χ0) is 13.7. The monoisotopic (exact) mass is 265 g/mol. The number of nitrogens with one attached hydrogen (secondary N) is 1. The molecular formula is C15H17F2NO. The molecule has 1 atom stereocenters. The number of alkyl halides is 2. The summed E-state index contributed by atoms with van der Waals surface area (Å²) in [5, 5.41) is 5.36. The molecule has 1 unspecified atom stereocenters. The number of likely N-dealkylation sites (N-methyl/N-ethyl adjacent to an activating group) is 1. The van der Waals surface area contributed by atoms with Crippen LogP contribution in [-0.4, -0.2) is 26.7 Å². The average Bonchev–Trinajstić information content (AvgIpc) is 2.43. The molecule has 0 amide bonds. The van der Waals surface area contributed by atoms with Crippen LogP contribution in [0.1, 0.15) is 11.6 Å². The van der Waals surface area contributed by atoms with Crippen molar-refractivity contribution in [3.63, 3.8) is 0 Å². The predicted octanol–water partition coefficient (Wildman–Crippen LogP) is 3.38. The van der Waals surface area contributed by atoms with Gasteiger partial charge in [-0.2, -0.15) is 0 Å². The molecule has 0 aliphatic rings. The second kappa shape index (κ2) is 6.59. The fourth-order valence-corrected chi connectivity index (χ4v) is 2.16. The zero-order valence-corrected chi connectivity index (χ0v) is 10.8. The Morgan fingerprint density at radius 2 is 1.79 bits per heavy atom. The van der Waals surface area contributed by atoms with Crippen molar-refractivity contribution in [1.82, 2.24) is 5.32 Å². The molecule has 102 valence electrons. The largest absolute Gasteiger partial charge is 0.374 e. The van der Waals surface area contributed by atoms with Gasteiger partial charge in [0.05, 0.1) is 12.6 Å². The maximum Gasteiger partial charge on any atom is 0.261 e. The minimum absolute atomic E-state index is 0.0927. The molecule has 0 heterocycles. The Morgan fingerprint density at radius 1 is 1.05 bits per heavy atom. The second-order valence-electron chi connectivity index (χ2n) is 4.34. The molecule has 4 heteroatoms. The van der Waals surface area contributed by atoms with Gasteiger partial charge in [0.2, 0.25) is 0 Å². The molecule has 2 aromatic rings. The quantitative estimate of drug-likeness (QED) is 0.864. The Labute approximate surface area is 111 Å². The molecule has 0 fully saturated rings. The van der Waals surface area contributed by atoms with Crippen molar-refractivity contribution >= 4 is 10.8 Å². The summed E-state index contributed by atoms with van der Waals surface area (Å²) in [7, 11) is 1.80. The molecule has 0 saturated carbocycles. The first-order chi connectivity index (χ1) is 9.22. The van der Waals surface area contributed by atoms with Crippen molar-refractivity contribution in [2.24, 2.45) is 0 Å². The van der Waals surface area contributed by atoms with E-state index in [-0.39, 0.29) is 12.6 Å². The minimum atomic E-state index is -2.43. The highest BCUT2D eigenvalue weighted by molar-refractivity contribution is 5.86. The molecule has 0 aromatic heterocycles. The molecular weight excluding hydrogens is 248 g/mol. The smallest absolute Gasteiger partial charge is 0.261 e. The van der Waals surface area contributed by atoms with Crippen molar-refractivity contribution in [1.29, 1.82) is 0 Å². The van der Waals surface area contributed by atoms with Crippen LogP contribution in [0.4, 0.5) is 8.78 Å². The van der Waals surface area contributed by atoms with E-state index < -0.39 is 13.0 Å². The van der Waals surface area contributed by atoms with Crippen LogP contribution >= 0.6 is 0 Å². The van der Waals surface area contributed by atoms with Crippen LogP contribution in [0.15, 0.2) is 42.5 Å². The molecule has 2 nitrogen and oxygen atoms in total. The molecule has 0 bridgehead atoms. The highest BCUT2D eigenvalue weighted by Crippen LogP contribution is 2.24. The molecule has 0 spiro atoms. The van der Waals surface area contributed by atoms with E-state index in [1.807, 2.05) is 42.5 Å². The van der Waals surface area contributed by atoms with Crippen LogP contribution < -0.4 is 5.32 Å². The van der Waals surface area contributed by atoms with E-state index in [0.29, 0.717) is 0 Å². The summed E-state index contributed by atoms with van der Waals surface area (Å²) in [6.07, 6.45) is -2.43. The van der Waals surface area contributed by atoms with Crippen LogP contribution in [0.5, 0.6) is 0 Å². The Bertz CT molecular complexity index is 525. The summed E-state index contributed by atoms with van der Waals surface area (Å²) in [4.78, 5) is 0. The van der Waals surface area contributed by atoms with Crippen LogP contribution in [0, 0.1) is 0 Å². The summed E-state index contributed by atoms with van der Waals surface area (Å²) in [5.74, 6) is 0. The van der Waals surface area contributed by atoms with Gasteiger partial charge in [0.1, 0.15) is 6.61 Å². The van der Waals surface area contributed by atoms with E-state index in [2.05, 4.69) is 5.32 Å². The molecule has 0 aliphatic carbocycles. The number of rotatable bonds is 6. The maximum absolute atomic E-state index is 12.1. The molecule has 2 aromatic carbocycles. The van der Waals surface area contributed by atoms with Gasteiger partial charge in [-0.3, -0.25) is 0 Å². The highest BCUT2D eigenvalue weighted by atomic mass is 19.3. The van der Waals surface area contributed by atoms with Gasteiger partial charge in [-0.1, -0.05) is 42.5 Å². The van der Waals surface area contributed by atoms with Crippen molar-refractivity contribution in [2.75, 3.05) is 20.3 Å². The van der Waals surface area contributed by atoms with Gasteiger partial charge in [0, 0.05) is 0 Å². The summed E-state index contributed by atoms with van der Waals surface area (Å²) < 4.78 is 29.2. The third-order valence-electron chi connectivity index (χ3n) is 3.08. The summed E-state index contributed by atoms with van der Waals surface area (Å²) in [6, 6.07) is 13.9. The van der Waals surface area contributed by atoms with E-state index in [9.17, 15) is 8.78 Å². The van der Waals surface area contributed by atoms with Crippen molar-refractivity contribution in [3.8, 4) is 0 Å². The van der Waals surface area contributed by atoms with Crippen molar-refractivity contribution in [3.05, 3.63) is 48.0 Å². The third-order valence-corrected chi connectivity index (χ3v) is 3.08. The highest BCUT2D eigenvalue weighted by Gasteiger charge is 2.13. The van der Waals surface area contributed by atoms with Gasteiger partial charge in [0.25, 0.3) is 6.43 Å². The molecule has 2 rings (SSSR count). The molecule has 0 aliphatic heterocycles. The number of hydrogen-bond donors (Lipinski definition) is 1. The summed E-state index contributed by atoms with van der Waals surface area (Å²) in [5.41, 5.74) is 1.06. The van der Waals surface area contributed by atoms with Crippen LogP contribution in [0.2, 0.25) is 0 Å². The van der Waals surface area contributed by atoms with Crippen molar-refractivity contribution < 1.29 is 13.5 Å². The Hall–Kier alpha value is -1.52. The third kappa shape index (κ3) is 3.49. The number of hydrogen-bond acceptors (Lipinski definition) is 2. The van der Waals surface area contributed by atoms with Gasteiger partial charge < -0.3 is 10.1 Å². The van der Waals surface area contributed by atoms with Gasteiger partial charge in [-0.05, 0) is 23.4 Å². The zero-order valence-electron chi connectivity index (χ0n) is 10.8. The Morgan fingerprint density at radius 3 is 2.53 bits per heavy atom. The van der Waals surface area contributed by atoms with Gasteiger partial charge >= 0.3 is 0 Å². The first-order valence-corrected chi connectivity index (χ1v) is 6.23. The number of ether oxygens (including phenoxy) is 1. The molecule has 0 saturated heterocycles. The lowest BCUT2D eigenvalue weighted by Gasteiger charge is -2.18. The summed E-state index contributed by atoms with van der Waals surface area (Å²) >= 11 is 0. The Kier molecular flexibility index (Phi) is 4.82. The maximum atomic E-state index is 12.1.